The fourth-order valence-corrected chi connectivity index (χ4v) is 2.40. The molecule has 0 radical (unpaired) electrons. The van der Waals surface area contributed by atoms with Gasteiger partial charge in [0, 0.05) is 26.2 Å². The van der Waals surface area contributed by atoms with Crippen LogP contribution in [0.25, 0.3) is 0 Å². The molecule has 4 N–H and O–H groups in total. The van der Waals surface area contributed by atoms with Crippen LogP contribution < -0.4 is 11.5 Å². The fraction of sp³-hybridized carbons (Fsp3) is 0.278. The van der Waals surface area contributed by atoms with Crippen molar-refractivity contribution in [2.24, 2.45) is 16.5 Å². The molecule has 0 spiro atoms. The summed E-state index contributed by atoms with van der Waals surface area (Å²) in [5.74, 6) is 0.165. The van der Waals surface area contributed by atoms with Crippen LogP contribution in [0.15, 0.2) is 65.7 Å². The predicted molar refractivity (Wildman–Crippen MR) is 92.3 cm³/mol. The van der Waals surface area contributed by atoms with Crippen LogP contribution >= 0.6 is 0 Å². The predicted octanol–water partition coefficient (Wildman–Crippen LogP) is 2.35. The number of guanidine groups is 1. The van der Waals surface area contributed by atoms with Gasteiger partial charge in [0.25, 0.3) is 0 Å². The molecular formula is C18H24N4. The van der Waals surface area contributed by atoms with E-state index in [0.29, 0.717) is 6.54 Å². The minimum atomic E-state index is 0.165. The Morgan fingerprint density at radius 1 is 0.818 bits per heavy atom. The highest BCUT2D eigenvalue weighted by molar-refractivity contribution is 5.75. The Morgan fingerprint density at radius 3 is 1.77 bits per heavy atom. The van der Waals surface area contributed by atoms with Gasteiger partial charge in [-0.2, -0.15) is 0 Å². The Hall–Kier alpha value is -2.33. The lowest BCUT2D eigenvalue weighted by atomic mass is 10.1. The van der Waals surface area contributed by atoms with Crippen molar-refractivity contribution in [1.82, 2.24) is 4.90 Å². The van der Waals surface area contributed by atoms with Crippen molar-refractivity contribution in [2.75, 3.05) is 13.1 Å². The van der Waals surface area contributed by atoms with Gasteiger partial charge in [-0.05, 0) is 17.5 Å². The minimum absolute atomic E-state index is 0.165. The van der Waals surface area contributed by atoms with E-state index in [-0.39, 0.29) is 5.96 Å². The van der Waals surface area contributed by atoms with Crippen molar-refractivity contribution in [3.05, 3.63) is 71.8 Å². The Morgan fingerprint density at radius 2 is 1.32 bits per heavy atom. The lowest BCUT2D eigenvalue weighted by molar-refractivity contribution is 0.255. The summed E-state index contributed by atoms with van der Waals surface area (Å²) < 4.78 is 0. The lowest BCUT2D eigenvalue weighted by Crippen LogP contribution is -2.26. The number of nitrogens with two attached hydrogens (primary N) is 2. The number of hydrogen-bond acceptors (Lipinski definition) is 2. The standard InChI is InChI=1S/C18H24N4/c19-18(20)21-12-7-13-22(14-16-8-3-1-4-9-16)15-17-10-5-2-6-11-17/h1-6,8-11H,7,12-15H2,(H4,19,20,21). The SMILES string of the molecule is NC(N)=NCCCN(Cc1ccccc1)Cc1ccccc1. The van der Waals surface area contributed by atoms with E-state index >= 15 is 0 Å². The zero-order valence-electron chi connectivity index (χ0n) is 12.9. The van der Waals surface area contributed by atoms with Gasteiger partial charge >= 0.3 is 0 Å². The van der Waals surface area contributed by atoms with Crippen LogP contribution in [0.3, 0.4) is 0 Å². The van der Waals surface area contributed by atoms with Crippen LogP contribution in [0.2, 0.25) is 0 Å². The van der Waals surface area contributed by atoms with E-state index < -0.39 is 0 Å². The molecule has 0 unspecified atom stereocenters. The molecule has 0 aliphatic rings. The van der Waals surface area contributed by atoms with Gasteiger partial charge in [-0.1, -0.05) is 60.7 Å². The summed E-state index contributed by atoms with van der Waals surface area (Å²) in [4.78, 5) is 6.48. The second-order valence-electron chi connectivity index (χ2n) is 5.34. The van der Waals surface area contributed by atoms with E-state index in [2.05, 4.69) is 58.4 Å². The number of benzene rings is 2. The first-order chi connectivity index (χ1) is 10.7. The summed E-state index contributed by atoms with van der Waals surface area (Å²) in [6, 6.07) is 21.0. The molecule has 116 valence electrons. The summed E-state index contributed by atoms with van der Waals surface area (Å²) in [6.45, 7) is 3.48. The molecule has 2 aromatic rings. The second kappa shape index (κ2) is 8.85. The van der Waals surface area contributed by atoms with Crippen LogP contribution in [0.1, 0.15) is 17.5 Å². The molecule has 0 heterocycles. The van der Waals surface area contributed by atoms with Crippen molar-refractivity contribution in [3.63, 3.8) is 0 Å². The maximum absolute atomic E-state index is 5.37. The van der Waals surface area contributed by atoms with Crippen LogP contribution in [0.4, 0.5) is 0 Å². The number of hydrogen-bond donors (Lipinski definition) is 2. The van der Waals surface area contributed by atoms with Crippen LogP contribution in [-0.4, -0.2) is 23.9 Å². The molecular weight excluding hydrogens is 272 g/mol. The summed E-state index contributed by atoms with van der Waals surface area (Å²) in [5, 5.41) is 0. The quantitative estimate of drug-likeness (QED) is 0.446. The molecule has 2 rings (SSSR count). The third-order valence-electron chi connectivity index (χ3n) is 3.42. The summed E-state index contributed by atoms with van der Waals surface area (Å²) in [6.07, 6.45) is 0.942. The van der Waals surface area contributed by atoms with E-state index in [1.807, 2.05) is 12.1 Å². The van der Waals surface area contributed by atoms with Crippen LogP contribution in [-0.2, 0) is 13.1 Å². The highest BCUT2D eigenvalue weighted by Gasteiger charge is 2.06. The molecule has 0 fully saturated rings. The highest BCUT2D eigenvalue weighted by atomic mass is 15.1. The van der Waals surface area contributed by atoms with Gasteiger partial charge in [0.2, 0.25) is 0 Å². The van der Waals surface area contributed by atoms with Gasteiger partial charge in [0.05, 0.1) is 0 Å². The van der Waals surface area contributed by atoms with Gasteiger partial charge < -0.3 is 11.5 Å². The molecule has 0 aliphatic heterocycles. The van der Waals surface area contributed by atoms with E-state index in [0.717, 1.165) is 26.1 Å². The number of nitrogens with zero attached hydrogens (tertiary/aromatic N) is 2. The number of rotatable bonds is 8. The Labute approximate surface area is 132 Å². The molecule has 0 amide bonds. The molecule has 2 aromatic carbocycles. The van der Waals surface area contributed by atoms with E-state index in [4.69, 9.17) is 11.5 Å². The smallest absolute Gasteiger partial charge is 0.185 e. The molecule has 22 heavy (non-hydrogen) atoms. The van der Waals surface area contributed by atoms with Crippen molar-refractivity contribution < 1.29 is 0 Å². The van der Waals surface area contributed by atoms with Crippen molar-refractivity contribution >= 4 is 5.96 Å². The minimum Gasteiger partial charge on any atom is -0.370 e. The lowest BCUT2D eigenvalue weighted by Gasteiger charge is -2.22. The van der Waals surface area contributed by atoms with E-state index in [1.165, 1.54) is 11.1 Å². The van der Waals surface area contributed by atoms with Crippen LogP contribution in [0.5, 0.6) is 0 Å². The topological polar surface area (TPSA) is 67.6 Å². The van der Waals surface area contributed by atoms with E-state index in [1.54, 1.807) is 0 Å². The molecule has 0 aliphatic carbocycles. The van der Waals surface area contributed by atoms with Gasteiger partial charge in [0.1, 0.15) is 0 Å². The monoisotopic (exact) mass is 296 g/mol. The maximum atomic E-state index is 5.37. The van der Waals surface area contributed by atoms with Crippen molar-refractivity contribution in [3.8, 4) is 0 Å². The third kappa shape index (κ3) is 5.97. The largest absolute Gasteiger partial charge is 0.370 e. The first-order valence-corrected chi connectivity index (χ1v) is 7.59. The average Bonchev–Trinajstić information content (AvgIpc) is 2.53. The zero-order valence-corrected chi connectivity index (χ0v) is 12.9. The van der Waals surface area contributed by atoms with Crippen LogP contribution in [0, 0.1) is 0 Å². The first kappa shape index (κ1) is 16.0. The molecule has 0 atom stereocenters. The molecule has 4 heteroatoms. The Balaban J connectivity index is 1.95. The summed E-state index contributed by atoms with van der Waals surface area (Å²) in [5.41, 5.74) is 13.4. The van der Waals surface area contributed by atoms with Gasteiger partial charge in [0.15, 0.2) is 5.96 Å². The number of aliphatic imine (C=N–C) groups is 1. The Bertz CT molecular complexity index is 521. The highest BCUT2D eigenvalue weighted by Crippen LogP contribution is 2.10. The van der Waals surface area contributed by atoms with Gasteiger partial charge in [-0.3, -0.25) is 9.89 Å². The third-order valence-corrected chi connectivity index (χ3v) is 3.42. The molecule has 0 saturated carbocycles. The van der Waals surface area contributed by atoms with E-state index in [9.17, 15) is 0 Å². The second-order valence-corrected chi connectivity index (χ2v) is 5.34. The average molecular weight is 296 g/mol. The van der Waals surface area contributed by atoms with Crippen molar-refractivity contribution in [1.29, 1.82) is 0 Å². The Kier molecular flexibility index (Phi) is 6.45. The maximum Gasteiger partial charge on any atom is 0.185 e. The van der Waals surface area contributed by atoms with Gasteiger partial charge in [-0.25, -0.2) is 0 Å². The summed E-state index contributed by atoms with van der Waals surface area (Å²) in [7, 11) is 0. The fourth-order valence-electron chi connectivity index (χ4n) is 2.40. The van der Waals surface area contributed by atoms with Gasteiger partial charge in [-0.15, -0.1) is 0 Å². The van der Waals surface area contributed by atoms with Crippen molar-refractivity contribution in [2.45, 2.75) is 19.5 Å². The first-order valence-electron chi connectivity index (χ1n) is 7.59. The normalized spacial score (nSPS) is 10.6. The molecule has 4 nitrogen and oxygen atoms in total. The summed E-state index contributed by atoms with van der Waals surface area (Å²) >= 11 is 0. The molecule has 0 bridgehead atoms. The zero-order chi connectivity index (χ0) is 15.6. The molecule has 0 saturated heterocycles. The molecule has 0 aromatic heterocycles.